The van der Waals surface area contributed by atoms with Gasteiger partial charge in [-0.05, 0) is 74.7 Å². The smallest absolute Gasteiger partial charge is 0.310 e. The van der Waals surface area contributed by atoms with Crippen molar-refractivity contribution in [2.75, 3.05) is 26.2 Å². The Bertz CT molecular complexity index is 953. The SMILES string of the molecule is O=C(O)C1(CN2CCC(CNC3CC3c3ccccc3)(Cc3ccc(F)cn3)CC2)CCC1. The molecule has 0 amide bonds. The monoisotopic (exact) mass is 451 g/mol. The van der Waals surface area contributed by atoms with Crippen LogP contribution in [0, 0.1) is 16.6 Å². The van der Waals surface area contributed by atoms with E-state index in [0.29, 0.717) is 18.5 Å². The molecule has 5 nitrogen and oxygen atoms in total. The first kappa shape index (κ1) is 22.5. The summed E-state index contributed by atoms with van der Waals surface area (Å²) >= 11 is 0. The molecule has 2 saturated carbocycles. The topological polar surface area (TPSA) is 65.5 Å². The van der Waals surface area contributed by atoms with Gasteiger partial charge < -0.3 is 15.3 Å². The number of aromatic nitrogens is 1. The fourth-order valence-corrected chi connectivity index (χ4v) is 5.80. The van der Waals surface area contributed by atoms with Gasteiger partial charge in [-0.3, -0.25) is 9.78 Å². The maximum absolute atomic E-state index is 13.4. The molecule has 2 aromatic rings. The van der Waals surface area contributed by atoms with Gasteiger partial charge in [-0.15, -0.1) is 0 Å². The van der Waals surface area contributed by atoms with Gasteiger partial charge >= 0.3 is 5.97 Å². The normalized spacial score (nSPS) is 25.8. The predicted octanol–water partition coefficient (Wildman–Crippen LogP) is 4.25. The molecule has 0 spiro atoms. The molecule has 2 atom stereocenters. The second kappa shape index (κ2) is 9.15. The molecule has 0 radical (unpaired) electrons. The first-order chi connectivity index (χ1) is 16.0. The van der Waals surface area contributed by atoms with Gasteiger partial charge in [0.05, 0.1) is 11.6 Å². The predicted molar refractivity (Wildman–Crippen MR) is 126 cm³/mol. The van der Waals surface area contributed by atoms with Gasteiger partial charge in [0.1, 0.15) is 5.82 Å². The first-order valence-electron chi connectivity index (χ1n) is 12.3. The third kappa shape index (κ3) is 4.97. The molecule has 6 heteroatoms. The third-order valence-electron chi connectivity index (χ3n) is 8.31. The van der Waals surface area contributed by atoms with Crippen molar-refractivity contribution in [3.63, 3.8) is 0 Å². The van der Waals surface area contributed by atoms with Crippen molar-refractivity contribution in [2.45, 2.75) is 56.9 Å². The summed E-state index contributed by atoms with van der Waals surface area (Å²) in [6.07, 6.45) is 7.92. The number of carboxylic acids is 1. The lowest BCUT2D eigenvalue weighted by Gasteiger charge is -2.47. The lowest BCUT2D eigenvalue weighted by atomic mass is 9.67. The molecule has 2 N–H and O–H groups in total. The molecular weight excluding hydrogens is 417 g/mol. The molecule has 0 bridgehead atoms. The van der Waals surface area contributed by atoms with Crippen LogP contribution in [0.4, 0.5) is 4.39 Å². The number of hydrogen-bond donors (Lipinski definition) is 2. The number of pyridine rings is 1. The molecule has 2 heterocycles. The summed E-state index contributed by atoms with van der Waals surface area (Å²) in [6.45, 7) is 3.40. The molecule has 1 aromatic carbocycles. The summed E-state index contributed by atoms with van der Waals surface area (Å²) in [4.78, 5) is 18.5. The van der Waals surface area contributed by atoms with Crippen molar-refractivity contribution in [3.8, 4) is 0 Å². The Kier molecular flexibility index (Phi) is 6.23. The van der Waals surface area contributed by atoms with Crippen LogP contribution in [-0.4, -0.2) is 53.2 Å². The van der Waals surface area contributed by atoms with E-state index < -0.39 is 11.4 Å². The number of nitrogens with one attached hydrogen (secondary N) is 1. The highest BCUT2D eigenvalue weighted by Crippen LogP contribution is 2.45. The minimum atomic E-state index is -0.636. The Balaban J connectivity index is 1.23. The zero-order valence-corrected chi connectivity index (χ0v) is 19.2. The Morgan fingerprint density at radius 3 is 2.48 bits per heavy atom. The summed E-state index contributed by atoms with van der Waals surface area (Å²) in [5.74, 6) is -0.353. The highest BCUT2D eigenvalue weighted by atomic mass is 19.1. The van der Waals surface area contributed by atoms with E-state index >= 15 is 0 Å². The quantitative estimate of drug-likeness (QED) is 0.597. The third-order valence-corrected chi connectivity index (χ3v) is 8.31. The van der Waals surface area contributed by atoms with E-state index in [1.807, 2.05) is 0 Å². The molecule has 1 aromatic heterocycles. The number of rotatable bonds is 9. The number of benzene rings is 1. The maximum Gasteiger partial charge on any atom is 0.310 e. The fraction of sp³-hybridized carbons (Fsp3) is 0.556. The molecule has 33 heavy (non-hydrogen) atoms. The van der Waals surface area contributed by atoms with Crippen LogP contribution in [0.25, 0.3) is 0 Å². The van der Waals surface area contributed by atoms with E-state index in [2.05, 4.69) is 45.5 Å². The van der Waals surface area contributed by atoms with E-state index in [9.17, 15) is 14.3 Å². The van der Waals surface area contributed by atoms with E-state index in [0.717, 1.165) is 63.9 Å². The minimum Gasteiger partial charge on any atom is -0.481 e. The largest absolute Gasteiger partial charge is 0.481 e. The van der Waals surface area contributed by atoms with Gasteiger partial charge in [-0.25, -0.2) is 4.39 Å². The van der Waals surface area contributed by atoms with Crippen LogP contribution >= 0.6 is 0 Å². The molecule has 1 aliphatic heterocycles. The first-order valence-corrected chi connectivity index (χ1v) is 12.3. The standard InChI is InChI=1S/C27H34FN3O2/c28-21-7-8-22(29-17-21)16-26(18-30-24-15-23(24)20-5-2-1-3-6-20)11-13-31(14-12-26)19-27(25(32)33)9-4-10-27/h1-3,5-8,17,23-24,30H,4,9-16,18-19H2,(H,32,33). The zero-order valence-electron chi connectivity index (χ0n) is 19.2. The average Bonchev–Trinajstić information content (AvgIpc) is 3.58. The van der Waals surface area contributed by atoms with Crippen LogP contribution in [0.15, 0.2) is 48.7 Å². The minimum absolute atomic E-state index is 0.0567. The number of nitrogens with zero attached hydrogens (tertiary/aromatic N) is 2. The summed E-state index contributed by atoms with van der Waals surface area (Å²) in [7, 11) is 0. The van der Waals surface area contributed by atoms with Gasteiger partial charge in [-0.2, -0.15) is 0 Å². The lowest BCUT2D eigenvalue weighted by molar-refractivity contribution is -0.156. The summed E-state index contributed by atoms with van der Waals surface area (Å²) in [5, 5.41) is 13.6. The Morgan fingerprint density at radius 2 is 1.88 bits per heavy atom. The van der Waals surface area contributed by atoms with Crippen LogP contribution in [0.3, 0.4) is 0 Å². The number of piperidine rings is 1. The van der Waals surface area contributed by atoms with Gasteiger partial charge in [0.15, 0.2) is 0 Å². The second-order valence-electron chi connectivity index (χ2n) is 10.6. The molecule has 3 fully saturated rings. The number of halogens is 1. The number of aliphatic carboxylic acids is 1. The van der Waals surface area contributed by atoms with Crippen LogP contribution in [0.5, 0.6) is 0 Å². The van der Waals surface area contributed by atoms with Crippen molar-refractivity contribution in [1.82, 2.24) is 15.2 Å². The van der Waals surface area contributed by atoms with Gasteiger partial charge in [0, 0.05) is 30.7 Å². The molecule has 3 aliphatic rings. The Labute approximate surface area is 195 Å². The summed E-state index contributed by atoms with van der Waals surface area (Å²) in [6, 6.07) is 14.5. The number of carbonyl (C=O) groups is 1. The Hall–Kier alpha value is -2.31. The number of likely N-dealkylation sites (tertiary alicyclic amines) is 1. The average molecular weight is 452 g/mol. The number of hydrogen-bond acceptors (Lipinski definition) is 4. The van der Waals surface area contributed by atoms with E-state index in [1.54, 1.807) is 6.07 Å². The van der Waals surface area contributed by atoms with Crippen LogP contribution < -0.4 is 5.32 Å². The van der Waals surface area contributed by atoms with Crippen molar-refractivity contribution in [2.24, 2.45) is 10.8 Å². The van der Waals surface area contributed by atoms with Crippen molar-refractivity contribution >= 4 is 5.97 Å². The van der Waals surface area contributed by atoms with E-state index in [4.69, 9.17) is 0 Å². The van der Waals surface area contributed by atoms with Gasteiger partial charge in [-0.1, -0.05) is 36.8 Å². The van der Waals surface area contributed by atoms with Gasteiger partial charge in [0.2, 0.25) is 0 Å². The Morgan fingerprint density at radius 1 is 1.12 bits per heavy atom. The van der Waals surface area contributed by atoms with Crippen LogP contribution in [0.2, 0.25) is 0 Å². The second-order valence-corrected chi connectivity index (χ2v) is 10.6. The maximum atomic E-state index is 13.4. The van der Waals surface area contributed by atoms with Crippen molar-refractivity contribution < 1.29 is 14.3 Å². The molecule has 2 aliphatic carbocycles. The molecule has 5 rings (SSSR count). The van der Waals surface area contributed by atoms with E-state index in [-0.39, 0.29) is 11.2 Å². The van der Waals surface area contributed by atoms with Crippen LogP contribution in [-0.2, 0) is 11.2 Å². The molecule has 2 unspecified atom stereocenters. The van der Waals surface area contributed by atoms with Gasteiger partial charge in [0.25, 0.3) is 0 Å². The summed E-state index contributed by atoms with van der Waals surface area (Å²) in [5.41, 5.74) is 1.86. The summed E-state index contributed by atoms with van der Waals surface area (Å²) < 4.78 is 13.4. The zero-order chi connectivity index (χ0) is 22.9. The highest BCUT2D eigenvalue weighted by molar-refractivity contribution is 5.76. The van der Waals surface area contributed by atoms with Crippen molar-refractivity contribution in [3.05, 3.63) is 65.7 Å². The molecule has 176 valence electrons. The highest BCUT2D eigenvalue weighted by Gasteiger charge is 2.47. The van der Waals surface area contributed by atoms with Crippen molar-refractivity contribution in [1.29, 1.82) is 0 Å². The fourth-order valence-electron chi connectivity index (χ4n) is 5.80. The molecular formula is C27H34FN3O2. The number of carboxylic acid groups (broad SMARTS) is 1. The molecule has 1 saturated heterocycles. The van der Waals surface area contributed by atoms with E-state index in [1.165, 1.54) is 24.2 Å². The lowest BCUT2D eigenvalue weighted by Crippen LogP contribution is -2.52. The van der Waals surface area contributed by atoms with Crippen LogP contribution in [0.1, 0.15) is 55.7 Å².